The van der Waals surface area contributed by atoms with Gasteiger partial charge in [0.1, 0.15) is 5.60 Å². The van der Waals surface area contributed by atoms with Crippen LogP contribution in [0.25, 0.3) is 16.6 Å². The summed E-state index contributed by atoms with van der Waals surface area (Å²) in [6.07, 6.45) is 2.13. The summed E-state index contributed by atoms with van der Waals surface area (Å²) in [6, 6.07) is 8.03. The molecule has 33 heavy (non-hydrogen) atoms. The summed E-state index contributed by atoms with van der Waals surface area (Å²) in [5.41, 5.74) is 4.31. The van der Waals surface area contributed by atoms with Crippen LogP contribution in [0.5, 0.6) is 0 Å². The van der Waals surface area contributed by atoms with E-state index in [4.69, 9.17) is 14.8 Å². The Balaban J connectivity index is 1.36. The number of rotatable bonds is 4. The molecule has 0 saturated carbocycles. The minimum atomic E-state index is -0.516. The van der Waals surface area contributed by atoms with Crippen molar-refractivity contribution in [3.05, 3.63) is 41.2 Å². The summed E-state index contributed by atoms with van der Waals surface area (Å²) in [6.45, 7) is 10.9. The lowest BCUT2D eigenvalue weighted by Gasteiger charge is -2.33. The van der Waals surface area contributed by atoms with Crippen LogP contribution in [0.4, 0.5) is 4.79 Å². The van der Waals surface area contributed by atoms with Gasteiger partial charge in [-0.05, 0) is 71.6 Å². The Labute approximate surface area is 194 Å². The molecule has 8 heteroatoms. The second-order valence-corrected chi connectivity index (χ2v) is 9.82. The van der Waals surface area contributed by atoms with Crippen molar-refractivity contribution in [2.45, 2.75) is 71.9 Å². The van der Waals surface area contributed by atoms with Crippen molar-refractivity contribution in [1.29, 1.82) is 0 Å². The van der Waals surface area contributed by atoms with Crippen molar-refractivity contribution in [2.75, 3.05) is 13.1 Å². The fraction of sp³-hybridized carbons (Fsp3) is 0.520. The molecule has 176 valence electrons. The molecular weight excluding hydrogens is 418 g/mol. The van der Waals surface area contributed by atoms with Gasteiger partial charge in [-0.1, -0.05) is 12.1 Å². The fourth-order valence-electron chi connectivity index (χ4n) is 4.48. The quantitative estimate of drug-likeness (QED) is 0.649. The molecule has 1 aliphatic rings. The molecular formula is C25H33N5O3. The van der Waals surface area contributed by atoms with Crippen LogP contribution < -0.4 is 5.32 Å². The highest BCUT2D eigenvalue weighted by atomic mass is 16.6. The number of aromatic nitrogens is 3. The smallest absolute Gasteiger partial charge is 0.407 e. The predicted octanol–water partition coefficient (Wildman–Crippen LogP) is 3.95. The first-order chi connectivity index (χ1) is 15.6. The van der Waals surface area contributed by atoms with Crippen LogP contribution in [0.1, 0.15) is 57.0 Å². The number of amides is 2. The Hall–Kier alpha value is -3.16. The molecule has 0 aliphatic carbocycles. The molecule has 1 saturated heterocycles. The molecule has 1 fully saturated rings. The minimum absolute atomic E-state index is 0.0361. The van der Waals surface area contributed by atoms with Gasteiger partial charge in [-0.2, -0.15) is 5.10 Å². The molecule has 2 amide bonds. The number of carbonyl (C=O) groups excluding carboxylic acids is 2. The molecule has 0 bridgehead atoms. The number of likely N-dealkylation sites (tertiary alicyclic amines) is 1. The zero-order chi connectivity index (χ0) is 23.8. The van der Waals surface area contributed by atoms with Crippen LogP contribution in [0.15, 0.2) is 24.3 Å². The molecule has 0 unspecified atom stereocenters. The van der Waals surface area contributed by atoms with Crippen molar-refractivity contribution in [3.63, 3.8) is 0 Å². The van der Waals surface area contributed by atoms with Gasteiger partial charge in [0.15, 0.2) is 5.65 Å². The van der Waals surface area contributed by atoms with E-state index in [0.717, 1.165) is 46.3 Å². The van der Waals surface area contributed by atoms with Gasteiger partial charge in [0.2, 0.25) is 5.91 Å². The number of ether oxygens (including phenoxy) is 1. The second kappa shape index (κ2) is 9.00. The van der Waals surface area contributed by atoms with Crippen LogP contribution in [-0.2, 0) is 16.0 Å². The predicted molar refractivity (Wildman–Crippen MR) is 127 cm³/mol. The molecule has 0 spiro atoms. The number of hydrogen-bond donors (Lipinski definition) is 1. The monoisotopic (exact) mass is 451 g/mol. The maximum absolute atomic E-state index is 12.9. The number of nitrogens with zero attached hydrogens (tertiary/aromatic N) is 4. The summed E-state index contributed by atoms with van der Waals surface area (Å²) in [7, 11) is 0. The normalized spacial score (nSPS) is 15.2. The highest BCUT2D eigenvalue weighted by molar-refractivity contribution is 5.92. The van der Waals surface area contributed by atoms with E-state index in [1.54, 1.807) is 0 Å². The van der Waals surface area contributed by atoms with Crippen molar-refractivity contribution in [3.8, 4) is 0 Å². The van der Waals surface area contributed by atoms with Gasteiger partial charge in [-0.15, -0.1) is 0 Å². The first-order valence-electron chi connectivity index (χ1n) is 11.6. The van der Waals surface area contributed by atoms with Crippen LogP contribution in [-0.4, -0.2) is 56.2 Å². The topological polar surface area (TPSA) is 88.8 Å². The third kappa shape index (κ3) is 5.10. The van der Waals surface area contributed by atoms with E-state index in [0.29, 0.717) is 25.9 Å². The van der Waals surface area contributed by atoms with E-state index < -0.39 is 11.7 Å². The number of hydrogen-bond acceptors (Lipinski definition) is 5. The molecule has 0 atom stereocenters. The third-order valence-corrected chi connectivity index (χ3v) is 6.18. The van der Waals surface area contributed by atoms with Crippen LogP contribution in [0.2, 0.25) is 0 Å². The van der Waals surface area contributed by atoms with Crippen molar-refractivity contribution in [1.82, 2.24) is 24.8 Å². The van der Waals surface area contributed by atoms with E-state index in [9.17, 15) is 9.59 Å². The number of alkyl carbamates (subject to hydrolysis) is 1. The average Bonchev–Trinajstić information content (AvgIpc) is 3.11. The summed E-state index contributed by atoms with van der Waals surface area (Å²) in [5, 5.41) is 8.66. The Morgan fingerprint density at radius 1 is 1.15 bits per heavy atom. The van der Waals surface area contributed by atoms with E-state index in [-0.39, 0.29) is 11.9 Å². The number of carbonyl (C=O) groups is 2. The average molecular weight is 452 g/mol. The van der Waals surface area contributed by atoms with E-state index in [2.05, 4.69) is 5.32 Å². The molecule has 1 N–H and O–H groups in total. The van der Waals surface area contributed by atoms with E-state index in [1.165, 1.54) is 0 Å². The number of benzene rings is 1. The van der Waals surface area contributed by atoms with Gasteiger partial charge >= 0.3 is 6.09 Å². The van der Waals surface area contributed by atoms with Crippen molar-refractivity contribution in [2.24, 2.45) is 0 Å². The summed E-state index contributed by atoms with van der Waals surface area (Å²) < 4.78 is 7.22. The first-order valence-corrected chi connectivity index (χ1v) is 11.6. The third-order valence-electron chi connectivity index (χ3n) is 6.18. The largest absolute Gasteiger partial charge is 0.444 e. The highest BCUT2D eigenvalue weighted by Crippen LogP contribution is 2.23. The summed E-state index contributed by atoms with van der Waals surface area (Å²) in [5.74, 6) is 0.134. The zero-order valence-electron chi connectivity index (χ0n) is 20.1. The van der Waals surface area contributed by atoms with Gasteiger partial charge in [0, 0.05) is 42.3 Å². The minimum Gasteiger partial charge on any atom is -0.444 e. The van der Waals surface area contributed by atoms with E-state index >= 15 is 0 Å². The molecule has 3 aromatic rings. The molecule has 2 aromatic heterocycles. The van der Waals surface area contributed by atoms with Crippen LogP contribution in [0, 0.1) is 13.8 Å². The van der Waals surface area contributed by atoms with Gasteiger partial charge in [-0.3, -0.25) is 4.79 Å². The Morgan fingerprint density at radius 3 is 2.55 bits per heavy atom. The fourth-order valence-corrected chi connectivity index (χ4v) is 4.48. The van der Waals surface area contributed by atoms with Gasteiger partial charge in [0.05, 0.1) is 5.52 Å². The Morgan fingerprint density at radius 2 is 1.85 bits per heavy atom. The number of piperidine rings is 1. The van der Waals surface area contributed by atoms with Gasteiger partial charge in [-0.25, -0.2) is 14.3 Å². The molecule has 4 rings (SSSR count). The number of fused-ring (bicyclic) bond motifs is 3. The molecule has 0 radical (unpaired) electrons. The van der Waals surface area contributed by atoms with Gasteiger partial charge < -0.3 is 15.0 Å². The maximum Gasteiger partial charge on any atom is 0.407 e. The summed E-state index contributed by atoms with van der Waals surface area (Å²) in [4.78, 5) is 31.6. The standard InChI is InChI=1S/C25H33N5O3/c1-16-19(17(2)30-23(26-16)20-8-6-7-9-21(20)28-30)10-11-22(31)29-14-12-18(13-15-29)27-24(32)33-25(3,4)5/h6-9,18H,10-15H2,1-5H3,(H,27,32). The Bertz CT molecular complexity index is 1190. The van der Waals surface area contributed by atoms with Crippen LogP contribution >= 0.6 is 0 Å². The van der Waals surface area contributed by atoms with Crippen molar-refractivity contribution < 1.29 is 14.3 Å². The SMILES string of the molecule is Cc1nc2c3ccccc3nn2c(C)c1CCC(=O)N1CCC(NC(=O)OC(C)(C)C)CC1. The zero-order valence-corrected chi connectivity index (χ0v) is 20.1. The maximum atomic E-state index is 12.9. The van der Waals surface area contributed by atoms with Crippen LogP contribution in [0.3, 0.4) is 0 Å². The lowest BCUT2D eigenvalue weighted by Crippen LogP contribution is -2.47. The summed E-state index contributed by atoms with van der Waals surface area (Å²) >= 11 is 0. The van der Waals surface area contributed by atoms with Crippen molar-refractivity contribution >= 4 is 28.6 Å². The second-order valence-electron chi connectivity index (χ2n) is 9.82. The number of nitrogens with one attached hydrogen (secondary N) is 1. The highest BCUT2D eigenvalue weighted by Gasteiger charge is 2.26. The lowest BCUT2D eigenvalue weighted by molar-refractivity contribution is -0.132. The molecule has 1 aromatic carbocycles. The van der Waals surface area contributed by atoms with Gasteiger partial charge in [0.25, 0.3) is 0 Å². The number of aryl methyl sites for hydroxylation is 2. The molecule has 3 heterocycles. The van der Waals surface area contributed by atoms with E-state index in [1.807, 2.05) is 68.3 Å². The molecule has 1 aliphatic heterocycles. The Kier molecular flexibility index (Phi) is 6.28. The molecule has 8 nitrogen and oxygen atoms in total. The lowest BCUT2D eigenvalue weighted by atomic mass is 10.0. The first kappa shape index (κ1) is 23.0.